The fourth-order valence-electron chi connectivity index (χ4n) is 2.52. The molecule has 25 heavy (non-hydrogen) atoms. The van der Waals surface area contributed by atoms with Crippen LogP contribution in [0.25, 0.3) is 0 Å². The predicted octanol–water partition coefficient (Wildman–Crippen LogP) is 4.85. The summed E-state index contributed by atoms with van der Waals surface area (Å²) in [5, 5.41) is 6.90. The van der Waals surface area contributed by atoms with Crippen LogP contribution in [0.4, 0.5) is 11.4 Å². The van der Waals surface area contributed by atoms with Gasteiger partial charge < -0.3 is 16.4 Å². The third-order valence-corrected chi connectivity index (χ3v) is 4.81. The van der Waals surface area contributed by atoms with Gasteiger partial charge in [-0.25, -0.2) is 0 Å². The van der Waals surface area contributed by atoms with Crippen molar-refractivity contribution in [1.29, 1.82) is 0 Å². The molecular weight excluding hydrogens is 449 g/mol. The zero-order valence-electron chi connectivity index (χ0n) is 14.6. The van der Waals surface area contributed by atoms with E-state index in [-0.39, 0.29) is 11.4 Å². The maximum Gasteiger partial charge on any atom is 0.253 e. The maximum absolute atomic E-state index is 12.8. The van der Waals surface area contributed by atoms with Crippen LogP contribution < -0.4 is 16.4 Å². The molecule has 2 aromatic rings. The summed E-state index contributed by atoms with van der Waals surface area (Å²) < 4.78 is 1.17. The fraction of sp³-hybridized carbons (Fsp3) is 0.316. The van der Waals surface area contributed by atoms with E-state index in [0.29, 0.717) is 23.6 Å². The molecule has 0 aliphatic heterocycles. The van der Waals surface area contributed by atoms with Crippen LogP contribution >= 0.6 is 34.2 Å². The van der Waals surface area contributed by atoms with Gasteiger partial charge in [0.2, 0.25) is 0 Å². The normalized spacial score (nSPS) is 11.3. The highest BCUT2D eigenvalue weighted by molar-refractivity contribution is 14.1. The molecule has 0 aromatic heterocycles. The molecule has 4 nitrogen and oxygen atoms in total. The van der Waals surface area contributed by atoms with Gasteiger partial charge in [-0.05, 0) is 98.3 Å². The average Bonchev–Trinajstić information content (AvgIpc) is 2.50. The maximum atomic E-state index is 12.8. The topological polar surface area (TPSA) is 67.2 Å². The molecule has 2 rings (SSSR count). The number of nitrogens with two attached hydrogens (primary N) is 1. The van der Waals surface area contributed by atoms with Crippen LogP contribution in [0.2, 0.25) is 5.02 Å². The van der Waals surface area contributed by atoms with E-state index < -0.39 is 0 Å². The summed E-state index contributed by atoms with van der Waals surface area (Å²) in [6.45, 7) is 6.46. The molecular formula is C19H23ClIN3O. The lowest BCUT2D eigenvalue weighted by Crippen LogP contribution is -2.44. The van der Waals surface area contributed by atoms with E-state index in [9.17, 15) is 4.79 Å². The number of carbonyl (C=O) groups excluding carboxylic acids is 1. The summed E-state index contributed by atoms with van der Waals surface area (Å²) in [6, 6.07) is 11.4. The first kappa shape index (κ1) is 20.0. The Kier molecular flexibility index (Phi) is 6.71. The van der Waals surface area contributed by atoms with Gasteiger partial charge in [0.25, 0.3) is 5.91 Å². The number of nitrogens with one attached hydrogen (secondary N) is 2. The average molecular weight is 472 g/mol. The van der Waals surface area contributed by atoms with Gasteiger partial charge in [0, 0.05) is 19.8 Å². The van der Waals surface area contributed by atoms with Crippen molar-refractivity contribution in [3.63, 3.8) is 0 Å². The lowest BCUT2D eigenvalue weighted by Gasteiger charge is -2.26. The SMILES string of the molecule is Cc1cc(I)ccc1Nc1ccc(Cl)cc1C(=O)NC(C)(C)CCN. The van der Waals surface area contributed by atoms with E-state index in [1.54, 1.807) is 12.1 Å². The lowest BCUT2D eigenvalue weighted by molar-refractivity contribution is 0.0911. The fourth-order valence-corrected chi connectivity index (χ4v) is 3.34. The number of aryl methyl sites for hydroxylation is 1. The number of carbonyl (C=O) groups is 1. The molecule has 0 aliphatic carbocycles. The number of amides is 1. The van der Waals surface area contributed by atoms with Gasteiger partial charge in [-0.15, -0.1) is 0 Å². The van der Waals surface area contributed by atoms with Crippen LogP contribution in [0.1, 0.15) is 36.2 Å². The molecule has 1 amide bonds. The Morgan fingerprint density at radius 3 is 2.52 bits per heavy atom. The summed E-state index contributed by atoms with van der Waals surface area (Å²) in [5.74, 6) is -0.174. The zero-order chi connectivity index (χ0) is 18.6. The molecule has 0 bridgehead atoms. The van der Waals surface area contributed by atoms with Crippen LogP contribution in [0.5, 0.6) is 0 Å². The minimum Gasteiger partial charge on any atom is -0.355 e. The number of halogens is 2. The highest BCUT2D eigenvalue weighted by Gasteiger charge is 2.22. The number of rotatable bonds is 6. The molecule has 2 aromatic carbocycles. The molecule has 0 unspecified atom stereocenters. The van der Waals surface area contributed by atoms with Crippen LogP contribution in [0.3, 0.4) is 0 Å². The van der Waals surface area contributed by atoms with Crippen LogP contribution in [-0.4, -0.2) is 18.0 Å². The first-order chi connectivity index (χ1) is 11.7. The second kappa shape index (κ2) is 8.38. The predicted molar refractivity (Wildman–Crippen MR) is 114 cm³/mol. The Balaban J connectivity index is 2.32. The summed E-state index contributed by atoms with van der Waals surface area (Å²) in [7, 11) is 0. The second-order valence-electron chi connectivity index (χ2n) is 6.65. The zero-order valence-corrected chi connectivity index (χ0v) is 17.5. The van der Waals surface area contributed by atoms with Gasteiger partial charge in [0.15, 0.2) is 0 Å². The molecule has 4 N–H and O–H groups in total. The summed E-state index contributed by atoms with van der Waals surface area (Å²) in [5.41, 5.74) is 8.54. The van der Waals surface area contributed by atoms with Crippen molar-refractivity contribution in [1.82, 2.24) is 5.32 Å². The molecule has 134 valence electrons. The lowest BCUT2D eigenvalue weighted by atomic mass is 9.99. The molecule has 0 saturated carbocycles. The quantitative estimate of drug-likeness (QED) is 0.527. The third kappa shape index (κ3) is 5.59. The van der Waals surface area contributed by atoms with E-state index in [2.05, 4.69) is 39.3 Å². The van der Waals surface area contributed by atoms with Crippen LogP contribution in [-0.2, 0) is 0 Å². The van der Waals surface area contributed by atoms with Gasteiger partial charge in [-0.3, -0.25) is 4.79 Å². The molecule has 0 spiro atoms. The van der Waals surface area contributed by atoms with Gasteiger partial charge in [0.1, 0.15) is 0 Å². The molecule has 0 saturated heterocycles. The van der Waals surface area contributed by atoms with Crippen molar-refractivity contribution in [2.24, 2.45) is 5.73 Å². The summed E-state index contributed by atoms with van der Waals surface area (Å²) in [4.78, 5) is 12.8. The molecule has 0 aliphatic rings. The van der Waals surface area contributed by atoms with Gasteiger partial charge in [-0.2, -0.15) is 0 Å². The number of hydrogen-bond donors (Lipinski definition) is 3. The summed E-state index contributed by atoms with van der Waals surface area (Å²) >= 11 is 8.40. The Labute approximate surface area is 167 Å². The third-order valence-electron chi connectivity index (χ3n) is 3.91. The Hall–Kier alpha value is -1.31. The van der Waals surface area contributed by atoms with Gasteiger partial charge in [-0.1, -0.05) is 11.6 Å². The number of benzene rings is 2. The van der Waals surface area contributed by atoms with E-state index in [0.717, 1.165) is 16.9 Å². The smallest absolute Gasteiger partial charge is 0.253 e. The number of hydrogen-bond acceptors (Lipinski definition) is 3. The molecule has 0 atom stereocenters. The Morgan fingerprint density at radius 1 is 1.20 bits per heavy atom. The van der Waals surface area contributed by atoms with Gasteiger partial charge >= 0.3 is 0 Å². The first-order valence-corrected chi connectivity index (χ1v) is 9.53. The van der Waals surface area contributed by atoms with Crippen molar-refractivity contribution in [2.45, 2.75) is 32.7 Å². The van der Waals surface area contributed by atoms with Crippen LogP contribution in [0.15, 0.2) is 36.4 Å². The highest BCUT2D eigenvalue weighted by atomic mass is 127. The molecule has 6 heteroatoms. The van der Waals surface area contributed by atoms with E-state index in [1.807, 2.05) is 39.0 Å². The Morgan fingerprint density at radius 2 is 1.88 bits per heavy atom. The van der Waals surface area contributed by atoms with Gasteiger partial charge in [0.05, 0.1) is 11.3 Å². The number of anilines is 2. The van der Waals surface area contributed by atoms with Crippen molar-refractivity contribution >= 4 is 51.5 Å². The highest BCUT2D eigenvalue weighted by Crippen LogP contribution is 2.27. The molecule has 0 radical (unpaired) electrons. The van der Waals surface area contributed by atoms with E-state index in [1.165, 1.54) is 3.57 Å². The van der Waals surface area contributed by atoms with Crippen molar-refractivity contribution in [3.8, 4) is 0 Å². The van der Waals surface area contributed by atoms with E-state index >= 15 is 0 Å². The minimum absolute atomic E-state index is 0.174. The minimum atomic E-state index is -0.385. The largest absolute Gasteiger partial charge is 0.355 e. The monoisotopic (exact) mass is 471 g/mol. The van der Waals surface area contributed by atoms with E-state index in [4.69, 9.17) is 17.3 Å². The standard InChI is InChI=1S/C19H23ClIN3O/c1-12-10-14(21)5-7-16(12)23-17-6-4-13(20)11-15(17)18(25)24-19(2,3)8-9-22/h4-7,10-11,23H,8-9,22H2,1-3H3,(H,24,25). The Bertz CT molecular complexity index is 777. The summed E-state index contributed by atoms with van der Waals surface area (Å²) in [6.07, 6.45) is 0.693. The van der Waals surface area contributed by atoms with Crippen molar-refractivity contribution < 1.29 is 4.79 Å². The molecule has 0 fully saturated rings. The van der Waals surface area contributed by atoms with Crippen molar-refractivity contribution in [3.05, 3.63) is 56.1 Å². The second-order valence-corrected chi connectivity index (χ2v) is 8.33. The first-order valence-electron chi connectivity index (χ1n) is 8.07. The molecule has 0 heterocycles. The van der Waals surface area contributed by atoms with Crippen molar-refractivity contribution in [2.75, 3.05) is 11.9 Å². The van der Waals surface area contributed by atoms with Crippen LogP contribution in [0, 0.1) is 10.5 Å².